The van der Waals surface area contributed by atoms with E-state index >= 15 is 0 Å². The third-order valence-corrected chi connectivity index (χ3v) is 1.95. The molecule has 1 aromatic carbocycles. The van der Waals surface area contributed by atoms with Crippen molar-refractivity contribution in [3.05, 3.63) is 29.1 Å². The lowest BCUT2D eigenvalue weighted by Gasteiger charge is -2.11. The monoisotopic (exact) mass is 265 g/mol. The number of nitrogens with one attached hydrogen (secondary N) is 1. The number of carbonyl (C=O) groups is 2. The molecule has 8 heteroatoms. The first-order chi connectivity index (χ1) is 8.12. The summed E-state index contributed by atoms with van der Waals surface area (Å²) in [6.07, 6.45) is -5.18. The second-order valence-corrected chi connectivity index (χ2v) is 3.43. The third-order valence-electron chi connectivity index (χ3n) is 1.95. The Morgan fingerprint density at radius 2 is 1.83 bits per heavy atom. The van der Waals surface area contributed by atoms with E-state index in [0.717, 1.165) is 12.1 Å². The number of aromatic carboxylic acids is 1. The van der Waals surface area contributed by atoms with E-state index in [1.807, 2.05) is 0 Å². The lowest BCUT2D eigenvalue weighted by atomic mass is 10.1. The zero-order valence-electron chi connectivity index (χ0n) is 8.93. The number of carboxylic acids is 1. The first kappa shape index (κ1) is 13.9. The fourth-order valence-electron chi connectivity index (χ4n) is 1.25. The Morgan fingerprint density at radius 1 is 1.28 bits per heavy atom. The molecule has 18 heavy (non-hydrogen) atoms. The first-order valence-electron chi connectivity index (χ1n) is 4.54. The van der Waals surface area contributed by atoms with Crippen LogP contribution in [-0.4, -0.2) is 23.2 Å². The van der Waals surface area contributed by atoms with E-state index in [9.17, 15) is 27.2 Å². The van der Waals surface area contributed by atoms with Crippen molar-refractivity contribution in [1.29, 1.82) is 0 Å². The number of carboxylic acid groups (broad SMARTS) is 1. The highest BCUT2D eigenvalue weighted by Crippen LogP contribution is 2.24. The van der Waals surface area contributed by atoms with E-state index in [-0.39, 0.29) is 5.56 Å². The second kappa shape index (κ2) is 4.63. The highest BCUT2D eigenvalue weighted by molar-refractivity contribution is 6.02. The van der Waals surface area contributed by atoms with Crippen LogP contribution in [0.5, 0.6) is 0 Å². The molecule has 0 unspecified atom stereocenters. The molecule has 0 aliphatic carbocycles. The van der Waals surface area contributed by atoms with Crippen LogP contribution in [0.3, 0.4) is 0 Å². The van der Waals surface area contributed by atoms with Crippen LogP contribution < -0.4 is 5.32 Å². The quantitative estimate of drug-likeness (QED) is 0.806. The number of hydrogen-bond donors (Lipinski definition) is 2. The average molecular weight is 265 g/mol. The van der Waals surface area contributed by atoms with Crippen molar-refractivity contribution in [2.24, 2.45) is 0 Å². The molecule has 98 valence electrons. The normalized spacial score (nSPS) is 11.2. The van der Waals surface area contributed by atoms with E-state index in [1.165, 1.54) is 12.2 Å². The number of alkyl halides is 3. The molecular formula is C10H7F4NO3. The third kappa shape index (κ3) is 2.96. The van der Waals surface area contributed by atoms with Crippen molar-refractivity contribution >= 4 is 17.6 Å². The van der Waals surface area contributed by atoms with Gasteiger partial charge in [0.2, 0.25) is 0 Å². The second-order valence-electron chi connectivity index (χ2n) is 3.43. The summed E-state index contributed by atoms with van der Waals surface area (Å²) >= 11 is 0. The van der Waals surface area contributed by atoms with Gasteiger partial charge in [-0.2, -0.15) is 13.2 Å². The lowest BCUT2D eigenvalue weighted by Crippen LogP contribution is -2.30. The molecule has 4 nitrogen and oxygen atoms in total. The zero-order valence-corrected chi connectivity index (χ0v) is 8.93. The molecule has 0 aliphatic rings. The van der Waals surface area contributed by atoms with Crippen LogP contribution in [0.1, 0.15) is 15.9 Å². The maximum atomic E-state index is 13.3. The average Bonchev–Trinajstić information content (AvgIpc) is 2.13. The Morgan fingerprint density at radius 3 is 2.28 bits per heavy atom. The molecule has 1 rings (SSSR count). The van der Waals surface area contributed by atoms with Gasteiger partial charge in [0.1, 0.15) is 11.4 Å². The van der Waals surface area contributed by atoms with E-state index in [2.05, 4.69) is 0 Å². The first-order valence-corrected chi connectivity index (χ1v) is 4.54. The summed E-state index contributed by atoms with van der Waals surface area (Å²) in [5.41, 5.74) is -1.57. The Bertz CT molecular complexity index is 511. The molecule has 1 amide bonds. The summed E-state index contributed by atoms with van der Waals surface area (Å²) in [6.45, 7) is 1.35. The highest BCUT2D eigenvalue weighted by Gasteiger charge is 2.39. The standard InChI is InChI=1S/C10H7F4NO3/c1-4-2-5(11)7(8(16)17)6(3-4)15-9(18)10(12,13)14/h2-3H,1H3,(H,15,18)(H,16,17). The van der Waals surface area contributed by atoms with Gasteiger partial charge >= 0.3 is 18.1 Å². The molecule has 0 radical (unpaired) electrons. The Balaban J connectivity index is 3.24. The maximum Gasteiger partial charge on any atom is 0.471 e. The molecule has 2 N–H and O–H groups in total. The van der Waals surface area contributed by atoms with Crippen molar-refractivity contribution in [3.63, 3.8) is 0 Å². The Kier molecular flexibility index (Phi) is 3.59. The smallest absolute Gasteiger partial charge is 0.471 e. The van der Waals surface area contributed by atoms with Crippen LogP contribution in [0.4, 0.5) is 23.2 Å². The SMILES string of the molecule is Cc1cc(F)c(C(=O)O)c(NC(=O)C(F)(F)F)c1. The molecule has 0 atom stereocenters. The number of benzene rings is 1. The van der Waals surface area contributed by atoms with Gasteiger partial charge in [-0.05, 0) is 24.6 Å². The highest BCUT2D eigenvalue weighted by atomic mass is 19.4. The topological polar surface area (TPSA) is 66.4 Å². The van der Waals surface area contributed by atoms with Gasteiger partial charge in [0.15, 0.2) is 0 Å². The van der Waals surface area contributed by atoms with E-state index in [1.54, 1.807) is 0 Å². The largest absolute Gasteiger partial charge is 0.478 e. The maximum absolute atomic E-state index is 13.3. The van der Waals surface area contributed by atoms with Gasteiger partial charge in [0.05, 0.1) is 5.69 Å². The van der Waals surface area contributed by atoms with Crippen molar-refractivity contribution < 1.29 is 32.3 Å². The molecule has 0 saturated heterocycles. The predicted molar refractivity (Wildman–Crippen MR) is 52.8 cm³/mol. The van der Waals surface area contributed by atoms with Crippen LogP contribution in [0.15, 0.2) is 12.1 Å². The number of rotatable bonds is 2. The van der Waals surface area contributed by atoms with Crippen LogP contribution in [0, 0.1) is 12.7 Å². The van der Waals surface area contributed by atoms with Crippen LogP contribution in [-0.2, 0) is 4.79 Å². The summed E-state index contributed by atoms with van der Waals surface area (Å²) in [5, 5.41) is 10.0. The fourth-order valence-corrected chi connectivity index (χ4v) is 1.25. The molecule has 0 fully saturated rings. The van der Waals surface area contributed by atoms with Gasteiger partial charge in [0, 0.05) is 0 Å². The van der Waals surface area contributed by atoms with Gasteiger partial charge in [-0.25, -0.2) is 9.18 Å². The summed E-state index contributed by atoms with van der Waals surface area (Å²) in [6, 6.07) is 1.78. The van der Waals surface area contributed by atoms with Crippen molar-refractivity contribution in [2.45, 2.75) is 13.1 Å². The number of hydrogen-bond acceptors (Lipinski definition) is 2. The summed E-state index contributed by atoms with van der Waals surface area (Å²) in [7, 11) is 0. The molecular weight excluding hydrogens is 258 g/mol. The number of amides is 1. The number of halogens is 4. The summed E-state index contributed by atoms with van der Waals surface area (Å²) < 4.78 is 49.3. The lowest BCUT2D eigenvalue weighted by molar-refractivity contribution is -0.167. The molecule has 0 heterocycles. The molecule has 0 saturated carbocycles. The predicted octanol–water partition coefficient (Wildman–Crippen LogP) is 2.33. The van der Waals surface area contributed by atoms with Gasteiger partial charge in [-0.3, -0.25) is 4.79 Å². The van der Waals surface area contributed by atoms with E-state index < -0.39 is 35.1 Å². The van der Waals surface area contributed by atoms with Crippen molar-refractivity contribution in [3.8, 4) is 0 Å². The molecule has 0 bridgehead atoms. The zero-order chi connectivity index (χ0) is 14.1. The minimum absolute atomic E-state index is 0.176. The van der Waals surface area contributed by atoms with Gasteiger partial charge in [0.25, 0.3) is 0 Å². The van der Waals surface area contributed by atoms with Gasteiger partial charge in [-0.1, -0.05) is 0 Å². The van der Waals surface area contributed by atoms with Gasteiger partial charge < -0.3 is 10.4 Å². The fraction of sp³-hybridized carbons (Fsp3) is 0.200. The van der Waals surface area contributed by atoms with Gasteiger partial charge in [-0.15, -0.1) is 0 Å². The minimum atomic E-state index is -5.18. The van der Waals surface area contributed by atoms with Crippen LogP contribution in [0.2, 0.25) is 0 Å². The Hall–Kier alpha value is -2.12. The molecule has 1 aromatic rings. The van der Waals surface area contributed by atoms with Crippen molar-refractivity contribution in [1.82, 2.24) is 0 Å². The Labute approximate surface area is 98.2 Å². The number of aryl methyl sites for hydroxylation is 1. The van der Waals surface area contributed by atoms with E-state index in [0.29, 0.717) is 0 Å². The summed E-state index contributed by atoms with van der Waals surface area (Å²) in [5.74, 6) is -5.36. The number of carbonyl (C=O) groups excluding carboxylic acids is 1. The minimum Gasteiger partial charge on any atom is -0.478 e. The molecule has 0 spiro atoms. The molecule has 0 aliphatic heterocycles. The molecule has 0 aromatic heterocycles. The van der Waals surface area contributed by atoms with Crippen LogP contribution >= 0.6 is 0 Å². The van der Waals surface area contributed by atoms with E-state index in [4.69, 9.17) is 5.11 Å². The summed E-state index contributed by atoms with van der Waals surface area (Å²) in [4.78, 5) is 21.4. The van der Waals surface area contributed by atoms with Crippen LogP contribution in [0.25, 0.3) is 0 Å². The van der Waals surface area contributed by atoms with Crippen molar-refractivity contribution in [2.75, 3.05) is 5.32 Å². The number of anilines is 1.